The van der Waals surface area contributed by atoms with Gasteiger partial charge in [-0.3, -0.25) is 4.79 Å². The van der Waals surface area contributed by atoms with Crippen molar-refractivity contribution in [3.8, 4) is 5.75 Å². The molecule has 0 fully saturated rings. The number of rotatable bonds is 5. The first-order valence-electron chi connectivity index (χ1n) is 5.56. The maximum atomic E-state index is 11.5. The van der Waals surface area contributed by atoms with E-state index < -0.39 is 0 Å². The molecule has 0 aliphatic rings. The van der Waals surface area contributed by atoms with Crippen LogP contribution < -0.4 is 15.8 Å². The van der Waals surface area contributed by atoms with Crippen LogP contribution in [-0.2, 0) is 0 Å². The number of benzene rings is 1. The molecule has 1 heterocycles. The smallest absolute Gasteiger partial charge is 0.287 e. The third-order valence-electron chi connectivity index (χ3n) is 2.31. The molecule has 0 aliphatic carbocycles. The van der Waals surface area contributed by atoms with Crippen molar-refractivity contribution in [1.82, 2.24) is 5.32 Å². The van der Waals surface area contributed by atoms with E-state index in [1.165, 1.54) is 6.26 Å². The van der Waals surface area contributed by atoms with Crippen molar-refractivity contribution < 1.29 is 13.9 Å². The summed E-state index contributed by atoms with van der Waals surface area (Å²) in [7, 11) is 0. The summed E-state index contributed by atoms with van der Waals surface area (Å²) in [6, 6.07) is 10.5. The van der Waals surface area contributed by atoms with Crippen LogP contribution in [0.15, 0.2) is 47.1 Å². The first-order valence-corrected chi connectivity index (χ1v) is 5.56. The highest BCUT2D eigenvalue weighted by molar-refractivity contribution is 5.91. The molecule has 2 rings (SSSR count). The van der Waals surface area contributed by atoms with E-state index in [1.54, 1.807) is 24.3 Å². The Morgan fingerprint density at radius 1 is 1.28 bits per heavy atom. The van der Waals surface area contributed by atoms with E-state index in [0.717, 1.165) is 0 Å². The number of carbonyl (C=O) groups is 1. The average Bonchev–Trinajstić information content (AvgIpc) is 2.90. The number of anilines is 1. The molecule has 1 amide bonds. The Labute approximate surface area is 105 Å². The second-order valence-electron chi connectivity index (χ2n) is 3.62. The quantitative estimate of drug-likeness (QED) is 0.621. The highest BCUT2D eigenvalue weighted by Crippen LogP contribution is 2.19. The molecule has 0 saturated heterocycles. The summed E-state index contributed by atoms with van der Waals surface area (Å²) < 4.78 is 10.4. The van der Waals surface area contributed by atoms with Gasteiger partial charge in [-0.2, -0.15) is 0 Å². The van der Waals surface area contributed by atoms with Crippen molar-refractivity contribution in [2.24, 2.45) is 0 Å². The van der Waals surface area contributed by atoms with Crippen molar-refractivity contribution in [2.45, 2.75) is 0 Å². The van der Waals surface area contributed by atoms with Gasteiger partial charge in [-0.15, -0.1) is 0 Å². The normalized spacial score (nSPS) is 10.0. The number of ether oxygens (including phenoxy) is 1. The van der Waals surface area contributed by atoms with Crippen LogP contribution in [0, 0.1) is 0 Å². The van der Waals surface area contributed by atoms with Crippen LogP contribution in [0.3, 0.4) is 0 Å². The zero-order valence-corrected chi connectivity index (χ0v) is 9.76. The van der Waals surface area contributed by atoms with Gasteiger partial charge in [-0.25, -0.2) is 0 Å². The van der Waals surface area contributed by atoms with Gasteiger partial charge in [0.2, 0.25) is 0 Å². The summed E-state index contributed by atoms with van der Waals surface area (Å²) in [6.07, 6.45) is 1.45. The first kappa shape index (κ1) is 12.0. The monoisotopic (exact) mass is 246 g/mol. The molecule has 18 heavy (non-hydrogen) atoms. The zero-order valence-electron chi connectivity index (χ0n) is 9.76. The third-order valence-corrected chi connectivity index (χ3v) is 2.31. The molecule has 0 unspecified atom stereocenters. The summed E-state index contributed by atoms with van der Waals surface area (Å²) in [5.41, 5.74) is 6.29. The van der Waals surface area contributed by atoms with E-state index in [-0.39, 0.29) is 11.7 Å². The van der Waals surface area contributed by atoms with Crippen molar-refractivity contribution in [1.29, 1.82) is 0 Å². The first-order chi connectivity index (χ1) is 8.77. The lowest BCUT2D eigenvalue weighted by atomic mass is 10.3. The van der Waals surface area contributed by atoms with Crippen molar-refractivity contribution in [3.63, 3.8) is 0 Å². The number of furan rings is 1. The lowest BCUT2D eigenvalue weighted by Gasteiger charge is -2.08. The fraction of sp³-hybridized carbons (Fsp3) is 0.154. The maximum absolute atomic E-state index is 11.5. The molecule has 5 heteroatoms. The lowest BCUT2D eigenvalue weighted by molar-refractivity contribution is 0.0919. The van der Waals surface area contributed by atoms with Gasteiger partial charge >= 0.3 is 0 Å². The number of carbonyl (C=O) groups excluding carboxylic acids is 1. The number of para-hydroxylation sites is 2. The molecule has 0 spiro atoms. The van der Waals surface area contributed by atoms with Crippen molar-refractivity contribution in [3.05, 3.63) is 48.4 Å². The standard InChI is InChI=1S/C13H14N2O3/c14-10-4-1-2-5-11(10)18-9-7-15-13(16)12-6-3-8-17-12/h1-6,8H,7,9,14H2,(H,15,16). The van der Waals surface area contributed by atoms with E-state index >= 15 is 0 Å². The zero-order chi connectivity index (χ0) is 12.8. The highest BCUT2D eigenvalue weighted by Gasteiger charge is 2.07. The number of nitrogens with one attached hydrogen (secondary N) is 1. The Bertz CT molecular complexity index is 509. The van der Waals surface area contributed by atoms with Crippen molar-refractivity contribution in [2.75, 3.05) is 18.9 Å². The number of nitrogen functional groups attached to an aromatic ring is 1. The topological polar surface area (TPSA) is 77.5 Å². The van der Waals surface area contributed by atoms with Crippen LogP contribution in [0.25, 0.3) is 0 Å². The predicted molar refractivity (Wildman–Crippen MR) is 67.4 cm³/mol. The molecule has 0 bridgehead atoms. The summed E-state index contributed by atoms with van der Waals surface area (Å²) >= 11 is 0. The van der Waals surface area contributed by atoms with Gasteiger partial charge in [0.1, 0.15) is 12.4 Å². The van der Waals surface area contributed by atoms with Gasteiger partial charge in [-0.05, 0) is 24.3 Å². The molecule has 3 N–H and O–H groups in total. The lowest BCUT2D eigenvalue weighted by Crippen LogP contribution is -2.27. The Balaban J connectivity index is 1.74. The largest absolute Gasteiger partial charge is 0.490 e. The van der Waals surface area contributed by atoms with Crippen LogP contribution >= 0.6 is 0 Å². The minimum Gasteiger partial charge on any atom is -0.490 e. The number of hydrogen-bond acceptors (Lipinski definition) is 4. The predicted octanol–water partition coefficient (Wildman–Crippen LogP) is 1.67. The molecule has 0 radical (unpaired) electrons. The molecular weight excluding hydrogens is 232 g/mol. The van der Waals surface area contributed by atoms with Gasteiger partial charge in [-0.1, -0.05) is 12.1 Å². The molecular formula is C13H14N2O3. The Kier molecular flexibility index (Phi) is 3.86. The van der Waals surface area contributed by atoms with E-state index in [9.17, 15) is 4.79 Å². The van der Waals surface area contributed by atoms with E-state index in [0.29, 0.717) is 24.6 Å². The van der Waals surface area contributed by atoms with Gasteiger partial charge in [0, 0.05) is 0 Å². The molecule has 0 atom stereocenters. The van der Waals surface area contributed by atoms with Gasteiger partial charge in [0.15, 0.2) is 5.76 Å². The SMILES string of the molecule is Nc1ccccc1OCCNC(=O)c1ccco1. The number of hydrogen-bond donors (Lipinski definition) is 2. The molecule has 1 aromatic heterocycles. The molecule has 0 saturated carbocycles. The molecule has 5 nitrogen and oxygen atoms in total. The highest BCUT2D eigenvalue weighted by atomic mass is 16.5. The van der Waals surface area contributed by atoms with E-state index in [4.69, 9.17) is 14.9 Å². The number of amides is 1. The Hall–Kier alpha value is -2.43. The second-order valence-corrected chi connectivity index (χ2v) is 3.62. The van der Waals surface area contributed by atoms with Gasteiger partial charge in [0.25, 0.3) is 5.91 Å². The fourth-order valence-corrected chi connectivity index (χ4v) is 1.43. The summed E-state index contributed by atoms with van der Waals surface area (Å²) in [5.74, 6) is 0.642. The van der Waals surface area contributed by atoms with Crippen LogP contribution in [0.2, 0.25) is 0 Å². The Morgan fingerprint density at radius 3 is 2.83 bits per heavy atom. The van der Waals surface area contributed by atoms with E-state index in [1.807, 2.05) is 12.1 Å². The minimum atomic E-state index is -0.260. The van der Waals surface area contributed by atoms with Gasteiger partial charge < -0.3 is 20.2 Å². The van der Waals surface area contributed by atoms with Crippen LogP contribution in [0.4, 0.5) is 5.69 Å². The van der Waals surface area contributed by atoms with Crippen LogP contribution in [0.5, 0.6) is 5.75 Å². The van der Waals surface area contributed by atoms with Crippen LogP contribution in [0.1, 0.15) is 10.6 Å². The molecule has 2 aromatic rings. The summed E-state index contributed by atoms with van der Waals surface area (Å²) in [6.45, 7) is 0.731. The minimum absolute atomic E-state index is 0.260. The average molecular weight is 246 g/mol. The van der Waals surface area contributed by atoms with Gasteiger partial charge in [0.05, 0.1) is 18.5 Å². The summed E-state index contributed by atoms with van der Waals surface area (Å²) in [5, 5.41) is 2.68. The summed E-state index contributed by atoms with van der Waals surface area (Å²) in [4.78, 5) is 11.5. The Morgan fingerprint density at radius 2 is 2.11 bits per heavy atom. The molecule has 1 aromatic carbocycles. The van der Waals surface area contributed by atoms with E-state index in [2.05, 4.69) is 5.32 Å². The van der Waals surface area contributed by atoms with Crippen LogP contribution in [-0.4, -0.2) is 19.1 Å². The molecule has 0 aliphatic heterocycles. The maximum Gasteiger partial charge on any atom is 0.287 e. The van der Waals surface area contributed by atoms with Crippen molar-refractivity contribution >= 4 is 11.6 Å². The number of nitrogens with two attached hydrogens (primary N) is 1. The third kappa shape index (κ3) is 3.04. The molecule has 94 valence electrons. The second kappa shape index (κ2) is 5.77. The fourth-order valence-electron chi connectivity index (χ4n) is 1.43.